The number of amides is 1. The Morgan fingerprint density at radius 1 is 1.00 bits per heavy atom. The van der Waals surface area contributed by atoms with Gasteiger partial charge in [-0.2, -0.15) is 0 Å². The summed E-state index contributed by atoms with van der Waals surface area (Å²) in [4.78, 5) is 17.0. The molecule has 4 heteroatoms. The van der Waals surface area contributed by atoms with Crippen LogP contribution >= 0.6 is 11.3 Å². The predicted octanol–water partition coefficient (Wildman–Crippen LogP) is 5.78. The monoisotopic (exact) mass is 358 g/mol. The molecule has 1 N–H and O–H groups in total. The van der Waals surface area contributed by atoms with Gasteiger partial charge in [-0.25, -0.2) is 4.98 Å². The molecule has 4 aromatic rings. The second-order valence-electron chi connectivity index (χ2n) is 6.07. The summed E-state index contributed by atoms with van der Waals surface area (Å²) >= 11 is 1.44. The lowest BCUT2D eigenvalue weighted by Crippen LogP contribution is -2.11. The Kier molecular flexibility index (Phi) is 4.50. The van der Waals surface area contributed by atoms with Gasteiger partial charge >= 0.3 is 0 Å². The van der Waals surface area contributed by atoms with E-state index in [-0.39, 0.29) is 5.91 Å². The van der Waals surface area contributed by atoms with Crippen molar-refractivity contribution in [2.75, 3.05) is 5.32 Å². The van der Waals surface area contributed by atoms with Gasteiger partial charge in [0.05, 0.1) is 5.69 Å². The number of aromatic nitrogens is 1. The van der Waals surface area contributed by atoms with Crippen LogP contribution in [-0.4, -0.2) is 10.9 Å². The Bertz CT molecular complexity index is 1060. The maximum Gasteiger partial charge on any atom is 0.257 e. The number of carbonyl (C=O) groups excluding carboxylic acids is 1. The Morgan fingerprint density at radius 2 is 1.77 bits per heavy atom. The van der Waals surface area contributed by atoms with Gasteiger partial charge in [0.15, 0.2) is 5.13 Å². The van der Waals surface area contributed by atoms with Crippen molar-refractivity contribution >= 4 is 33.1 Å². The van der Waals surface area contributed by atoms with E-state index in [2.05, 4.69) is 41.5 Å². The summed E-state index contributed by atoms with van der Waals surface area (Å²) < 4.78 is 0. The highest BCUT2D eigenvalue weighted by atomic mass is 32.1. The van der Waals surface area contributed by atoms with Crippen LogP contribution in [0.4, 0.5) is 5.13 Å². The van der Waals surface area contributed by atoms with Crippen molar-refractivity contribution in [3.8, 4) is 11.3 Å². The summed E-state index contributed by atoms with van der Waals surface area (Å²) in [5.74, 6) is -0.133. The fourth-order valence-corrected chi connectivity index (χ4v) is 3.67. The second kappa shape index (κ2) is 7.10. The highest BCUT2D eigenvalue weighted by Gasteiger charge is 2.11. The normalized spacial score (nSPS) is 10.8. The van der Waals surface area contributed by atoms with Crippen LogP contribution in [0.1, 0.15) is 22.8 Å². The minimum atomic E-state index is -0.133. The van der Waals surface area contributed by atoms with E-state index in [1.54, 1.807) is 0 Å². The van der Waals surface area contributed by atoms with E-state index in [4.69, 9.17) is 0 Å². The highest BCUT2D eigenvalue weighted by Crippen LogP contribution is 2.31. The summed E-state index contributed by atoms with van der Waals surface area (Å²) in [6.45, 7) is 2.10. The molecule has 1 heterocycles. The first-order valence-electron chi connectivity index (χ1n) is 8.58. The summed E-state index contributed by atoms with van der Waals surface area (Å²) in [6, 6.07) is 22.1. The lowest BCUT2D eigenvalue weighted by Gasteiger charge is -2.04. The van der Waals surface area contributed by atoms with Crippen molar-refractivity contribution in [1.29, 1.82) is 0 Å². The molecule has 0 saturated carbocycles. The number of fused-ring (bicyclic) bond motifs is 1. The molecular weight excluding hydrogens is 340 g/mol. The van der Waals surface area contributed by atoms with Gasteiger partial charge in [-0.15, -0.1) is 11.3 Å². The molecule has 0 aliphatic rings. The number of carbonyl (C=O) groups is 1. The first-order valence-corrected chi connectivity index (χ1v) is 9.46. The minimum absolute atomic E-state index is 0.133. The van der Waals surface area contributed by atoms with Gasteiger partial charge in [0.1, 0.15) is 0 Å². The van der Waals surface area contributed by atoms with Gasteiger partial charge in [-0.3, -0.25) is 10.1 Å². The smallest absolute Gasteiger partial charge is 0.257 e. The van der Waals surface area contributed by atoms with E-state index in [0.717, 1.165) is 23.1 Å². The lowest BCUT2D eigenvalue weighted by atomic mass is 10.0. The number of hydrogen-bond acceptors (Lipinski definition) is 3. The SMILES string of the molecule is CCc1ccc(C(=O)Nc2nc(-c3cccc4ccccc34)cs2)cc1. The Labute approximate surface area is 156 Å². The number of anilines is 1. The maximum atomic E-state index is 12.4. The van der Waals surface area contributed by atoms with E-state index in [1.807, 2.05) is 47.8 Å². The molecule has 0 bridgehead atoms. The third kappa shape index (κ3) is 3.24. The number of hydrogen-bond donors (Lipinski definition) is 1. The molecule has 0 saturated heterocycles. The van der Waals surface area contributed by atoms with Gasteiger partial charge in [0.25, 0.3) is 5.91 Å². The molecular formula is C22H18N2OS. The molecule has 0 aliphatic carbocycles. The zero-order valence-electron chi connectivity index (χ0n) is 14.4. The number of nitrogens with zero attached hydrogens (tertiary/aromatic N) is 1. The number of aryl methyl sites for hydroxylation is 1. The van der Waals surface area contributed by atoms with Crippen molar-refractivity contribution in [2.24, 2.45) is 0 Å². The van der Waals surface area contributed by atoms with E-state index in [0.29, 0.717) is 10.7 Å². The zero-order chi connectivity index (χ0) is 17.9. The second-order valence-corrected chi connectivity index (χ2v) is 6.93. The fraction of sp³-hybridized carbons (Fsp3) is 0.0909. The van der Waals surface area contributed by atoms with E-state index in [1.165, 1.54) is 22.3 Å². The Morgan fingerprint density at radius 3 is 2.58 bits per heavy atom. The number of thiazole rings is 1. The third-order valence-corrected chi connectivity index (χ3v) is 5.17. The lowest BCUT2D eigenvalue weighted by molar-refractivity contribution is 0.102. The van der Waals surface area contributed by atoms with Gasteiger partial charge in [-0.1, -0.05) is 61.5 Å². The molecule has 1 amide bonds. The van der Waals surface area contributed by atoms with Crippen molar-refractivity contribution in [2.45, 2.75) is 13.3 Å². The van der Waals surface area contributed by atoms with E-state index >= 15 is 0 Å². The zero-order valence-corrected chi connectivity index (χ0v) is 15.2. The molecule has 0 aliphatic heterocycles. The van der Waals surface area contributed by atoms with Crippen LogP contribution in [0.15, 0.2) is 72.1 Å². The molecule has 128 valence electrons. The summed E-state index contributed by atoms with van der Waals surface area (Å²) in [5, 5.41) is 7.84. The standard InChI is InChI=1S/C22H18N2OS/c1-2-15-10-12-17(13-11-15)21(25)24-22-23-20(14-26-22)19-9-5-7-16-6-3-4-8-18(16)19/h3-14H,2H2,1H3,(H,23,24,25). The third-order valence-electron chi connectivity index (χ3n) is 4.41. The molecule has 0 fully saturated rings. The number of nitrogens with one attached hydrogen (secondary N) is 1. The van der Waals surface area contributed by atoms with Crippen molar-refractivity contribution < 1.29 is 4.79 Å². The summed E-state index contributed by atoms with van der Waals surface area (Å²) in [7, 11) is 0. The van der Waals surface area contributed by atoms with Crippen LogP contribution in [0.2, 0.25) is 0 Å². The first-order chi connectivity index (χ1) is 12.7. The van der Waals surface area contributed by atoms with Crippen LogP contribution in [0.25, 0.3) is 22.0 Å². The topological polar surface area (TPSA) is 42.0 Å². The fourth-order valence-electron chi connectivity index (χ4n) is 2.96. The molecule has 0 radical (unpaired) electrons. The Hall–Kier alpha value is -2.98. The maximum absolute atomic E-state index is 12.4. The van der Waals surface area contributed by atoms with Gasteiger partial charge < -0.3 is 0 Å². The van der Waals surface area contributed by atoms with Crippen molar-refractivity contribution in [1.82, 2.24) is 4.98 Å². The molecule has 26 heavy (non-hydrogen) atoms. The predicted molar refractivity (Wildman–Crippen MR) is 109 cm³/mol. The van der Waals surface area contributed by atoms with Gasteiger partial charge in [0, 0.05) is 16.5 Å². The Balaban J connectivity index is 1.58. The summed E-state index contributed by atoms with van der Waals surface area (Å²) in [6.07, 6.45) is 0.961. The first kappa shape index (κ1) is 16.5. The highest BCUT2D eigenvalue weighted by molar-refractivity contribution is 7.14. The number of benzene rings is 3. The van der Waals surface area contributed by atoms with E-state index < -0.39 is 0 Å². The average Bonchev–Trinajstić information content (AvgIpc) is 3.15. The molecule has 3 aromatic carbocycles. The quantitative estimate of drug-likeness (QED) is 0.502. The molecule has 3 nitrogen and oxygen atoms in total. The van der Waals surface area contributed by atoms with Crippen LogP contribution in [0.3, 0.4) is 0 Å². The van der Waals surface area contributed by atoms with E-state index in [9.17, 15) is 4.79 Å². The van der Waals surface area contributed by atoms with Crippen LogP contribution in [0.5, 0.6) is 0 Å². The van der Waals surface area contributed by atoms with Crippen molar-refractivity contribution in [3.63, 3.8) is 0 Å². The molecule has 0 unspecified atom stereocenters. The molecule has 0 atom stereocenters. The number of rotatable bonds is 4. The van der Waals surface area contributed by atoms with Crippen LogP contribution in [-0.2, 0) is 6.42 Å². The minimum Gasteiger partial charge on any atom is -0.298 e. The van der Waals surface area contributed by atoms with Crippen LogP contribution < -0.4 is 5.32 Å². The van der Waals surface area contributed by atoms with Gasteiger partial charge in [0.2, 0.25) is 0 Å². The molecule has 1 aromatic heterocycles. The largest absolute Gasteiger partial charge is 0.298 e. The summed E-state index contributed by atoms with van der Waals surface area (Å²) in [5.41, 5.74) is 3.81. The van der Waals surface area contributed by atoms with Crippen molar-refractivity contribution in [3.05, 3.63) is 83.2 Å². The molecule has 0 spiro atoms. The van der Waals surface area contributed by atoms with Gasteiger partial charge in [-0.05, 0) is 34.9 Å². The van der Waals surface area contributed by atoms with Crippen LogP contribution in [0, 0.1) is 0 Å². The average molecular weight is 358 g/mol. The molecule has 4 rings (SSSR count).